The minimum Gasteiger partial charge on any atom is -0.378 e. The molecule has 1 fully saturated rings. The molecule has 2 rings (SSSR count). The highest BCUT2D eigenvalue weighted by Gasteiger charge is 2.24. The number of hydrogen-bond donors (Lipinski definition) is 1. The second-order valence-electron chi connectivity index (χ2n) is 5.76. The third-order valence-electron chi connectivity index (χ3n) is 3.95. The molecule has 0 unspecified atom stereocenters. The number of rotatable bonds is 7. The minimum atomic E-state index is -0.664. The fraction of sp³-hybridized carbons (Fsp3) is 0.562. The van der Waals surface area contributed by atoms with E-state index in [-0.39, 0.29) is 16.8 Å². The van der Waals surface area contributed by atoms with Gasteiger partial charge in [0.25, 0.3) is 11.6 Å². The Balaban J connectivity index is 1.86. The number of benzene rings is 1. The van der Waals surface area contributed by atoms with Crippen LogP contribution in [0.4, 0.5) is 10.1 Å². The van der Waals surface area contributed by atoms with Crippen LogP contribution in [-0.2, 0) is 4.74 Å². The van der Waals surface area contributed by atoms with E-state index in [4.69, 9.17) is 4.74 Å². The number of nitro benzene ring substituents is 1. The summed E-state index contributed by atoms with van der Waals surface area (Å²) in [6.45, 7) is 2.28. The van der Waals surface area contributed by atoms with E-state index in [2.05, 4.69) is 5.32 Å². The zero-order chi connectivity index (χ0) is 16.8. The second kappa shape index (κ2) is 8.01. The molecule has 1 aliphatic carbocycles. The zero-order valence-corrected chi connectivity index (χ0v) is 13.1. The molecule has 7 heteroatoms. The summed E-state index contributed by atoms with van der Waals surface area (Å²) in [4.78, 5) is 22.5. The molecule has 0 spiro atoms. The Kier molecular flexibility index (Phi) is 6.04. The summed E-state index contributed by atoms with van der Waals surface area (Å²) < 4.78 is 19.1. The number of aryl methyl sites for hydroxylation is 1. The Morgan fingerprint density at radius 3 is 2.78 bits per heavy atom. The van der Waals surface area contributed by atoms with Gasteiger partial charge in [0, 0.05) is 18.7 Å². The highest BCUT2D eigenvalue weighted by atomic mass is 19.1. The number of halogens is 1. The van der Waals surface area contributed by atoms with Crippen LogP contribution < -0.4 is 5.32 Å². The van der Waals surface area contributed by atoms with E-state index in [1.165, 1.54) is 19.8 Å². The lowest BCUT2D eigenvalue weighted by atomic mass is 10.1. The van der Waals surface area contributed by atoms with Crippen LogP contribution in [-0.4, -0.2) is 30.1 Å². The van der Waals surface area contributed by atoms with Crippen LogP contribution >= 0.6 is 0 Å². The largest absolute Gasteiger partial charge is 0.378 e. The van der Waals surface area contributed by atoms with Crippen molar-refractivity contribution in [1.82, 2.24) is 5.32 Å². The molecule has 6 nitrogen and oxygen atoms in total. The molecule has 0 aromatic heterocycles. The molecule has 1 N–H and O–H groups in total. The monoisotopic (exact) mass is 324 g/mol. The summed E-state index contributed by atoms with van der Waals surface area (Å²) in [6, 6.07) is 1.94. The fourth-order valence-corrected chi connectivity index (χ4v) is 2.83. The van der Waals surface area contributed by atoms with Crippen LogP contribution in [0, 0.1) is 22.9 Å². The predicted molar refractivity (Wildman–Crippen MR) is 82.9 cm³/mol. The molecule has 23 heavy (non-hydrogen) atoms. The molecule has 0 radical (unpaired) electrons. The SMILES string of the molecule is Cc1cc(F)cc(C(=O)NCCCOC2CCCC2)c1[N+](=O)[O-]. The summed E-state index contributed by atoms with van der Waals surface area (Å²) in [5.41, 5.74) is -0.472. The van der Waals surface area contributed by atoms with Crippen molar-refractivity contribution in [2.45, 2.75) is 45.1 Å². The summed E-state index contributed by atoms with van der Waals surface area (Å²) in [5, 5.41) is 13.6. The van der Waals surface area contributed by atoms with E-state index in [0.717, 1.165) is 25.0 Å². The average molecular weight is 324 g/mol. The van der Waals surface area contributed by atoms with Crippen molar-refractivity contribution >= 4 is 11.6 Å². The normalized spacial score (nSPS) is 14.9. The summed E-state index contributed by atoms with van der Waals surface area (Å²) in [5.74, 6) is -1.30. The van der Waals surface area contributed by atoms with Gasteiger partial charge in [0.2, 0.25) is 0 Å². The van der Waals surface area contributed by atoms with E-state index < -0.39 is 16.6 Å². The first kappa shape index (κ1) is 17.3. The topological polar surface area (TPSA) is 81.5 Å². The van der Waals surface area contributed by atoms with Crippen LogP contribution in [0.15, 0.2) is 12.1 Å². The van der Waals surface area contributed by atoms with Crippen molar-refractivity contribution in [3.05, 3.63) is 39.2 Å². The maximum absolute atomic E-state index is 13.4. The first-order chi connectivity index (χ1) is 11.0. The van der Waals surface area contributed by atoms with Gasteiger partial charge in [-0.05, 0) is 38.3 Å². The Hall–Kier alpha value is -2.02. The maximum Gasteiger partial charge on any atom is 0.285 e. The van der Waals surface area contributed by atoms with Gasteiger partial charge in [0.15, 0.2) is 0 Å². The van der Waals surface area contributed by atoms with Crippen LogP contribution in [0.5, 0.6) is 0 Å². The molecule has 0 saturated heterocycles. The first-order valence-electron chi connectivity index (χ1n) is 7.83. The summed E-state index contributed by atoms with van der Waals surface area (Å²) >= 11 is 0. The average Bonchev–Trinajstić information content (AvgIpc) is 2.98. The first-order valence-corrected chi connectivity index (χ1v) is 7.83. The van der Waals surface area contributed by atoms with Crippen molar-refractivity contribution < 1.29 is 18.8 Å². The number of nitro groups is 1. The van der Waals surface area contributed by atoms with E-state index in [0.29, 0.717) is 25.7 Å². The molecule has 0 atom stereocenters. The molecule has 0 heterocycles. The molecule has 1 aliphatic rings. The van der Waals surface area contributed by atoms with Crippen molar-refractivity contribution in [2.24, 2.45) is 0 Å². The van der Waals surface area contributed by atoms with E-state index in [1.807, 2.05) is 0 Å². The van der Waals surface area contributed by atoms with Gasteiger partial charge in [-0.25, -0.2) is 4.39 Å². The minimum absolute atomic E-state index is 0.129. The fourth-order valence-electron chi connectivity index (χ4n) is 2.83. The Labute approximate surface area is 134 Å². The van der Waals surface area contributed by atoms with E-state index in [9.17, 15) is 19.3 Å². The third kappa shape index (κ3) is 4.72. The molecular formula is C16H21FN2O4. The van der Waals surface area contributed by atoms with Crippen LogP contribution in [0.3, 0.4) is 0 Å². The number of hydrogen-bond acceptors (Lipinski definition) is 4. The van der Waals surface area contributed by atoms with Gasteiger partial charge in [-0.3, -0.25) is 14.9 Å². The second-order valence-corrected chi connectivity index (χ2v) is 5.76. The number of amides is 1. The van der Waals surface area contributed by atoms with Crippen LogP contribution in [0.2, 0.25) is 0 Å². The molecule has 1 aromatic carbocycles. The zero-order valence-electron chi connectivity index (χ0n) is 13.1. The molecule has 1 saturated carbocycles. The maximum atomic E-state index is 13.4. The molecule has 0 bridgehead atoms. The number of carbonyl (C=O) groups is 1. The number of nitrogens with zero attached hydrogens (tertiary/aromatic N) is 1. The number of carbonyl (C=O) groups excluding carboxylic acids is 1. The van der Waals surface area contributed by atoms with Gasteiger partial charge in [-0.1, -0.05) is 12.8 Å². The smallest absolute Gasteiger partial charge is 0.285 e. The van der Waals surface area contributed by atoms with E-state index in [1.54, 1.807) is 0 Å². The molecule has 1 aromatic rings. The quantitative estimate of drug-likeness (QED) is 0.474. The van der Waals surface area contributed by atoms with Crippen molar-refractivity contribution in [3.8, 4) is 0 Å². The predicted octanol–water partition coefficient (Wildman–Crippen LogP) is 3.12. The van der Waals surface area contributed by atoms with Crippen molar-refractivity contribution in [1.29, 1.82) is 0 Å². The van der Waals surface area contributed by atoms with Gasteiger partial charge >= 0.3 is 0 Å². The van der Waals surface area contributed by atoms with Gasteiger partial charge < -0.3 is 10.1 Å². The lowest BCUT2D eigenvalue weighted by Crippen LogP contribution is -2.26. The molecule has 0 aliphatic heterocycles. The van der Waals surface area contributed by atoms with Crippen LogP contribution in [0.1, 0.15) is 48.0 Å². The molecular weight excluding hydrogens is 303 g/mol. The van der Waals surface area contributed by atoms with E-state index >= 15 is 0 Å². The third-order valence-corrected chi connectivity index (χ3v) is 3.95. The Bertz CT molecular complexity index is 586. The number of nitrogens with one attached hydrogen (secondary N) is 1. The lowest BCUT2D eigenvalue weighted by molar-refractivity contribution is -0.385. The van der Waals surface area contributed by atoms with Crippen molar-refractivity contribution in [3.63, 3.8) is 0 Å². The lowest BCUT2D eigenvalue weighted by Gasteiger charge is -2.11. The Morgan fingerprint density at radius 2 is 2.13 bits per heavy atom. The summed E-state index contributed by atoms with van der Waals surface area (Å²) in [7, 11) is 0. The summed E-state index contributed by atoms with van der Waals surface area (Å²) in [6.07, 6.45) is 5.50. The Morgan fingerprint density at radius 1 is 1.43 bits per heavy atom. The molecule has 1 amide bonds. The van der Waals surface area contributed by atoms with Gasteiger partial charge in [0.1, 0.15) is 11.4 Å². The highest BCUT2D eigenvalue weighted by molar-refractivity contribution is 5.98. The van der Waals surface area contributed by atoms with Gasteiger partial charge in [-0.2, -0.15) is 0 Å². The highest BCUT2D eigenvalue weighted by Crippen LogP contribution is 2.24. The van der Waals surface area contributed by atoms with Crippen LogP contribution in [0.25, 0.3) is 0 Å². The van der Waals surface area contributed by atoms with Crippen molar-refractivity contribution in [2.75, 3.05) is 13.2 Å². The molecule has 126 valence electrons. The van der Waals surface area contributed by atoms with Gasteiger partial charge in [0.05, 0.1) is 11.0 Å². The van der Waals surface area contributed by atoms with Gasteiger partial charge in [-0.15, -0.1) is 0 Å². The number of ether oxygens (including phenoxy) is 1. The standard InChI is InChI=1S/C16H21FN2O4/c1-11-9-12(17)10-14(15(11)19(21)22)16(20)18-7-4-8-23-13-5-2-3-6-13/h9-10,13H,2-8H2,1H3,(H,18,20).